The van der Waals surface area contributed by atoms with Crippen LogP contribution in [0.25, 0.3) is 0 Å². The molecule has 0 bridgehead atoms. The number of sulfonamides is 1. The van der Waals surface area contributed by atoms with Crippen LogP contribution in [-0.4, -0.2) is 25.8 Å². The zero-order chi connectivity index (χ0) is 15.6. The number of benzene rings is 1. The van der Waals surface area contributed by atoms with Crippen molar-refractivity contribution in [3.63, 3.8) is 0 Å². The molecular formula is C16H26N2O2S. The molecular weight excluding hydrogens is 284 g/mol. The number of fused-ring (bicyclic) bond motifs is 1. The Balaban J connectivity index is 2.33. The van der Waals surface area contributed by atoms with Crippen LogP contribution >= 0.6 is 0 Å². The van der Waals surface area contributed by atoms with Crippen LogP contribution in [0.4, 0.5) is 0 Å². The largest absolute Gasteiger partial charge is 0.309 e. The van der Waals surface area contributed by atoms with Crippen LogP contribution in [0.5, 0.6) is 0 Å². The zero-order valence-electron chi connectivity index (χ0n) is 13.4. The van der Waals surface area contributed by atoms with Crippen molar-refractivity contribution in [2.24, 2.45) is 11.8 Å². The SMILES string of the molecule is CC(C)CN(CC(C)C)S(=O)(=O)c1ccc2c(c1)CNC2. The first-order valence-electron chi connectivity index (χ1n) is 7.63. The molecule has 118 valence electrons. The van der Waals surface area contributed by atoms with Crippen LogP contribution in [0.2, 0.25) is 0 Å². The molecule has 0 saturated heterocycles. The average molecular weight is 310 g/mol. The summed E-state index contributed by atoms with van der Waals surface area (Å²) in [4.78, 5) is 0.422. The van der Waals surface area contributed by atoms with E-state index >= 15 is 0 Å². The number of hydrogen-bond donors (Lipinski definition) is 1. The van der Waals surface area contributed by atoms with Gasteiger partial charge < -0.3 is 5.32 Å². The van der Waals surface area contributed by atoms with Gasteiger partial charge in [-0.2, -0.15) is 4.31 Å². The van der Waals surface area contributed by atoms with Crippen molar-refractivity contribution in [3.8, 4) is 0 Å². The minimum Gasteiger partial charge on any atom is -0.309 e. The highest BCUT2D eigenvalue weighted by Gasteiger charge is 2.27. The van der Waals surface area contributed by atoms with Crippen molar-refractivity contribution in [2.45, 2.75) is 45.7 Å². The van der Waals surface area contributed by atoms with Crippen LogP contribution < -0.4 is 5.32 Å². The van der Waals surface area contributed by atoms with E-state index in [9.17, 15) is 8.42 Å². The summed E-state index contributed by atoms with van der Waals surface area (Å²) in [5.74, 6) is 0.629. The van der Waals surface area contributed by atoms with E-state index in [1.165, 1.54) is 5.56 Å². The Bertz CT molecular complexity index is 584. The summed E-state index contributed by atoms with van der Waals surface area (Å²) in [6, 6.07) is 5.51. The molecule has 0 atom stereocenters. The van der Waals surface area contributed by atoms with Crippen molar-refractivity contribution in [3.05, 3.63) is 29.3 Å². The summed E-state index contributed by atoms with van der Waals surface area (Å²) in [6.07, 6.45) is 0. The van der Waals surface area contributed by atoms with Crippen molar-refractivity contribution >= 4 is 10.0 Å². The molecule has 1 heterocycles. The highest BCUT2D eigenvalue weighted by Crippen LogP contribution is 2.24. The summed E-state index contributed by atoms with van der Waals surface area (Å²) in [5, 5.41) is 3.25. The minimum absolute atomic E-state index is 0.314. The molecule has 5 heteroatoms. The summed E-state index contributed by atoms with van der Waals surface area (Å²) in [5.41, 5.74) is 2.30. The number of nitrogens with one attached hydrogen (secondary N) is 1. The first-order chi connectivity index (χ1) is 9.80. The first kappa shape index (κ1) is 16.5. The molecule has 0 spiro atoms. The molecule has 1 aliphatic rings. The monoisotopic (exact) mass is 310 g/mol. The van der Waals surface area contributed by atoms with E-state index in [1.807, 2.05) is 12.1 Å². The fourth-order valence-electron chi connectivity index (χ4n) is 2.67. The van der Waals surface area contributed by atoms with Gasteiger partial charge in [-0.05, 0) is 35.1 Å². The second kappa shape index (κ2) is 6.46. The van der Waals surface area contributed by atoms with Crippen molar-refractivity contribution in [2.75, 3.05) is 13.1 Å². The van der Waals surface area contributed by atoms with Crippen LogP contribution in [0.15, 0.2) is 23.1 Å². The van der Waals surface area contributed by atoms with E-state index in [1.54, 1.807) is 10.4 Å². The van der Waals surface area contributed by atoms with Gasteiger partial charge in [-0.1, -0.05) is 33.8 Å². The lowest BCUT2D eigenvalue weighted by Crippen LogP contribution is -2.37. The first-order valence-corrected chi connectivity index (χ1v) is 9.07. The Hall–Kier alpha value is -0.910. The molecule has 0 amide bonds. The Morgan fingerprint density at radius 3 is 2.19 bits per heavy atom. The van der Waals surface area contributed by atoms with E-state index in [4.69, 9.17) is 0 Å². The van der Waals surface area contributed by atoms with E-state index in [-0.39, 0.29) is 0 Å². The Labute approximate surface area is 128 Å². The molecule has 21 heavy (non-hydrogen) atoms. The van der Waals surface area contributed by atoms with Gasteiger partial charge in [0.2, 0.25) is 10.0 Å². The zero-order valence-corrected chi connectivity index (χ0v) is 14.2. The minimum atomic E-state index is -3.41. The maximum atomic E-state index is 12.9. The molecule has 4 nitrogen and oxygen atoms in total. The molecule has 1 aliphatic heterocycles. The van der Waals surface area contributed by atoms with Gasteiger partial charge in [0, 0.05) is 26.2 Å². The molecule has 0 aliphatic carbocycles. The average Bonchev–Trinajstić information content (AvgIpc) is 2.83. The van der Waals surface area contributed by atoms with Crippen LogP contribution in [-0.2, 0) is 23.1 Å². The predicted octanol–water partition coefficient (Wildman–Crippen LogP) is 2.59. The third kappa shape index (κ3) is 3.84. The third-order valence-electron chi connectivity index (χ3n) is 3.58. The van der Waals surface area contributed by atoms with Gasteiger partial charge in [-0.15, -0.1) is 0 Å². The van der Waals surface area contributed by atoms with E-state index in [2.05, 4.69) is 33.0 Å². The molecule has 0 saturated carbocycles. The lowest BCUT2D eigenvalue weighted by atomic mass is 10.1. The number of hydrogen-bond acceptors (Lipinski definition) is 3. The Kier molecular flexibility index (Phi) is 5.07. The molecule has 1 aromatic carbocycles. The van der Waals surface area contributed by atoms with Gasteiger partial charge in [0.1, 0.15) is 0 Å². The normalized spacial score (nSPS) is 15.2. The highest BCUT2D eigenvalue weighted by atomic mass is 32.2. The van der Waals surface area contributed by atoms with Crippen LogP contribution in [0, 0.1) is 11.8 Å². The van der Waals surface area contributed by atoms with E-state index in [0.29, 0.717) is 29.8 Å². The van der Waals surface area contributed by atoms with E-state index in [0.717, 1.165) is 18.7 Å². The van der Waals surface area contributed by atoms with Crippen molar-refractivity contribution in [1.82, 2.24) is 9.62 Å². The molecule has 0 fully saturated rings. The highest BCUT2D eigenvalue weighted by molar-refractivity contribution is 7.89. The summed E-state index contributed by atoms with van der Waals surface area (Å²) < 4.78 is 27.4. The molecule has 2 rings (SSSR count). The van der Waals surface area contributed by atoms with Crippen molar-refractivity contribution < 1.29 is 8.42 Å². The summed E-state index contributed by atoms with van der Waals surface area (Å²) in [6.45, 7) is 10.9. The lowest BCUT2D eigenvalue weighted by molar-refractivity contribution is 0.333. The molecule has 0 unspecified atom stereocenters. The van der Waals surface area contributed by atoms with Gasteiger partial charge >= 0.3 is 0 Å². The van der Waals surface area contributed by atoms with Gasteiger partial charge in [0.15, 0.2) is 0 Å². The van der Waals surface area contributed by atoms with Gasteiger partial charge in [0.05, 0.1) is 4.90 Å². The molecule has 1 N–H and O–H groups in total. The maximum Gasteiger partial charge on any atom is 0.243 e. The second-order valence-electron chi connectivity index (χ2n) is 6.64. The maximum absolute atomic E-state index is 12.9. The fourth-order valence-corrected chi connectivity index (χ4v) is 4.48. The summed E-state index contributed by atoms with van der Waals surface area (Å²) >= 11 is 0. The third-order valence-corrected chi connectivity index (χ3v) is 5.41. The fraction of sp³-hybridized carbons (Fsp3) is 0.625. The van der Waals surface area contributed by atoms with Gasteiger partial charge in [-0.3, -0.25) is 0 Å². The lowest BCUT2D eigenvalue weighted by Gasteiger charge is -2.25. The smallest absolute Gasteiger partial charge is 0.243 e. The second-order valence-corrected chi connectivity index (χ2v) is 8.58. The molecule has 1 aromatic rings. The topological polar surface area (TPSA) is 49.4 Å². The summed E-state index contributed by atoms with van der Waals surface area (Å²) in [7, 11) is -3.41. The van der Waals surface area contributed by atoms with Gasteiger partial charge in [0.25, 0.3) is 0 Å². The standard InChI is InChI=1S/C16H26N2O2S/c1-12(2)10-18(11-13(3)4)21(19,20)16-6-5-14-8-17-9-15(14)7-16/h5-7,12-13,17H,8-11H2,1-4H3. The molecule has 0 aromatic heterocycles. The predicted molar refractivity (Wildman–Crippen MR) is 85.4 cm³/mol. The van der Waals surface area contributed by atoms with Crippen molar-refractivity contribution in [1.29, 1.82) is 0 Å². The van der Waals surface area contributed by atoms with Gasteiger partial charge in [-0.25, -0.2) is 8.42 Å². The van der Waals surface area contributed by atoms with E-state index < -0.39 is 10.0 Å². The van der Waals surface area contributed by atoms with Crippen LogP contribution in [0.1, 0.15) is 38.8 Å². The Morgan fingerprint density at radius 2 is 1.62 bits per heavy atom. The quantitative estimate of drug-likeness (QED) is 0.878. The Morgan fingerprint density at radius 1 is 1.05 bits per heavy atom. The number of nitrogens with zero attached hydrogens (tertiary/aromatic N) is 1. The molecule has 0 radical (unpaired) electrons. The van der Waals surface area contributed by atoms with Crippen LogP contribution in [0.3, 0.4) is 0 Å². The number of rotatable bonds is 6.